The van der Waals surface area contributed by atoms with E-state index in [1.165, 1.54) is 11.3 Å². The summed E-state index contributed by atoms with van der Waals surface area (Å²) < 4.78 is 0. The van der Waals surface area contributed by atoms with Crippen LogP contribution in [0.3, 0.4) is 0 Å². The molecule has 0 aliphatic rings. The topological polar surface area (TPSA) is 95.5 Å². The zero-order chi connectivity index (χ0) is 15.0. The fourth-order valence-electron chi connectivity index (χ4n) is 1.57. The first-order valence-corrected chi connectivity index (χ1v) is 7.26. The summed E-state index contributed by atoms with van der Waals surface area (Å²) in [7, 11) is 0. The molecule has 1 aromatic heterocycles. The summed E-state index contributed by atoms with van der Waals surface area (Å²) in [6.07, 6.45) is 1.96. The van der Waals surface area contributed by atoms with Gasteiger partial charge in [-0.3, -0.25) is 9.59 Å². The molecule has 3 N–H and O–H groups in total. The molecule has 2 amide bonds. The Balaban J connectivity index is 2.38. The molecular weight excluding hydrogens is 280 g/mol. The molecule has 1 rings (SSSR count). The lowest BCUT2D eigenvalue weighted by Gasteiger charge is -2.14. The molecule has 0 aromatic carbocycles. The average molecular weight is 298 g/mol. The molecular formula is C13H18N2O4S. The molecule has 20 heavy (non-hydrogen) atoms. The van der Waals surface area contributed by atoms with Gasteiger partial charge in [0.25, 0.3) is 5.91 Å². The largest absolute Gasteiger partial charge is 0.480 e. The first-order chi connectivity index (χ1) is 9.54. The van der Waals surface area contributed by atoms with Crippen LogP contribution in [0.5, 0.6) is 0 Å². The number of aliphatic carboxylic acids is 1. The van der Waals surface area contributed by atoms with Gasteiger partial charge in [0.15, 0.2) is 0 Å². The highest BCUT2D eigenvalue weighted by molar-refractivity contribution is 7.12. The minimum absolute atomic E-state index is 0.230. The van der Waals surface area contributed by atoms with Gasteiger partial charge in [-0.15, -0.1) is 11.3 Å². The number of amides is 2. The molecule has 0 fully saturated rings. The Bertz CT molecular complexity index is 459. The van der Waals surface area contributed by atoms with E-state index in [0.717, 1.165) is 12.8 Å². The minimum Gasteiger partial charge on any atom is -0.480 e. The summed E-state index contributed by atoms with van der Waals surface area (Å²) in [6.45, 7) is 1.72. The number of nitrogens with one attached hydrogen (secondary N) is 2. The van der Waals surface area contributed by atoms with Crippen molar-refractivity contribution < 1.29 is 19.5 Å². The Morgan fingerprint density at radius 2 is 2.15 bits per heavy atom. The van der Waals surface area contributed by atoms with Crippen molar-refractivity contribution in [3.63, 3.8) is 0 Å². The van der Waals surface area contributed by atoms with Gasteiger partial charge in [0.2, 0.25) is 5.91 Å². The highest BCUT2D eigenvalue weighted by Gasteiger charge is 2.19. The van der Waals surface area contributed by atoms with Gasteiger partial charge >= 0.3 is 5.97 Å². The first kappa shape index (κ1) is 16.2. The molecule has 110 valence electrons. The van der Waals surface area contributed by atoms with Crippen LogP contribution < -0.4 is 10.6 Å². The van der Waals surface area contributed by atoms with E-state index >= 15 is 0 Å². The molecule has 0 aliphatic carbocycles. The monoisotopic (exact) mass is 298 g/mol. The van der Waals surface area contributed by atoms with E-state index in [1.807, 2.05) is 6.92 Å². The number of carboxylic acids is 1. The third-order valence-electron chi connectivity index (χ3n) is 2.63. The summed E-state index contributed by atoms with van der Waals surface area (Å²) in [4.78, 5) is 34.7. The Labute approximate surface area is 121 Å². The summed E-state index contributed by atoms with van der Waals surface area (Å²) in [5.74, 6) is -1.90. The van der Waals surface area contributed by atoms with Crippen LogP contribution in [0.25, 0.3) is 0 Å². The molecule has 0 saturated carbocycles. The summed E-state index contributed by atoms with van der Waals surface area (Å²) in [5.41, 5.74) is 0. The van der Waals surface area contributed by atoms with Crippen molar-refractivity contribution in [3.8, 4) is 0 Å². The van der Waals surface area contributed by atoms with E-state index in [1.54, 1.807) is 17.5 Å². The van der Waals surface area contributed by atoms with E-state index in [0.29, 0.717) is 11.3 Å². The van der Waals surface area contributed by atoms with Crippen LogP contribution in [0.4, 0.5) is 0 Å². The van der Waals surface area contributed by atoms with E-state index < -0.39 is 17.9 Å². The molecule has 0 saturated heterocycles. The molecule has 1 heterocycles. The van der Waals surface area contributed by atoms with E-state index in [2.05, 4.69) is 10.6 Å². The Kier molecular flexibility index (Phi) is 6.72. The lowest BCUT2D eigenvalue weighted by atomic mass is 10.1. The SMILES string of the molecule is CCCC[C@H](NC(=O)CNC(=O)c1cccs1)C(=O)O. The molecule has 1 aromatic rings. The number of hydrogen-bond donors (Lipinski definition) is 3. The van der Waals surface area contributed by atoms with Crippen LogP contribution in [0.2, 0.25) is 0 Å². The van der Waals surface area contributed by atoms with Crippen LogP contribution in [0.1, 0.15) is 35.9 Å². The quantitative estimate of drug-likeness (QED) is 0.673. The van der Waals surface area contributed by atoms with Crippen molar-refractivity contribution in [3.05, 3.63) is 22.4 Å². The summed E-state index contributed by atoms with van der Waals surface area (Å²) >= 11 is 1.27. The number of thiophene rings is 1. The zero-order valence-corrected chi connectivity index (χ0v) is 12.0. The normalized spacial score (nSPS) is 11.7. The van der Waals surface area contributed by atoms with Crippen LogP contribution in [0, 0.1) is 0 Å². The van der Waals surface area contributed by atoms with Crippen LogP contribution in [-0.4, -0.2) is 35.5 Å². The van der Waals surface area contributed by atoms with Gasteiger partial charge in [0.1, 0.15) is 6.04 Å². The smallest absolute Gasteiger partial charge is 0.326 e. The maximum absolute atomic E-state index is 11.6. The standard InChI is InChI=1S/C13H18N2O4S/c1-2-3-5-9(13(18)19)15-11(16)8-14-12(17)10-6-4-7-20-10/h4,6-7,9H,2-3,5,8H2,1H3,(H,14,17)(H,15,16)(H,18,19)/t9-/m0/s1. The number of rotatable bonds is 8. The second kappa shape index (κ2) is 8.31. The molecule has 0 aliphatic heterocycles. The fourth-order valence-corrected chi connectivity index (χ4v) is 2.21. The van der Waals surface area contributed by atoms with Gasteiger partial charge in [-0.2, -0.15) is 0 Å². The number of carbonyl (C=O) groups excluding carboxylic acids is 2. The van der Waals surface area contributed by atoms with Gasteiger partial charge in [-0.05, 0) is 17.9 Å². The molecule has 6 nitrogen and oxygen atoms in total. The van der Waals surface area contributed by atoms with E-state index in [-0.39, 0.29) is 12.5 Å². The number of carboxylic acid groups (broad SMARTS) is 1. The predicted molar refractivity (Wildman–Crippen MR) is 75.7 cm³/mol. The van der Waals surface area contributed by atoms with Crippen molar-refractivity contribution in [2.45, 2.75) is 32.2 Å². The van der Waals surface area contributed by atoms with Crippen LogP contribution in [-0.2, 0) is 9.59 Å². The van der Waals surface area contributed by atoms with Gasteiger partial charge in [-0.25, -0.2) is 4.79 Å². The zero-order valence-electron chi connectivity index (χ0n) is 11.2. The van der Waals surface area contributed by atoms with Gasteiger partial charge in [0.05, 0.1) is 11.4 Å². The highest BCUT2D eigenvalue weighted by atomic mass is 32.1. The number of carbonyl (C=O) groups is 3. The van der Waals surface area contributed by atoms with Crippen LogP contribution >= 0.6 is 11.3 Å². The fraction of sp³-hybridized carbons (Fsp3) is 0.462. The first-order valence-electron chi connectivity index (χ1n) is 6.38. The van der Waals surface area contributed by atoms with Crippen LogP contribution in [0.15, 0.2) is 17.5 Å². The average Bonchev–Trinajstić information content (AvgIpc) is 2.94. The summed E-state index contributed by atoms with van der Waals surface area (Å²) in [5, 5.41) is 15.6. The van der Waals surface area contributed by atoms with Crippen molar-refractivity contribution in [2.24, 2.45) is 0 Å². The Hall–Kier alpha value is -1.89. The second-order valence-electron chi connectivity index (χ2n) is 4.26. The second-order valence-corrected chi connectivity index (χ2v) is 5.21. The van der Waals surface area contributed by atoms with Gasteiger partial charge in [-0.1, -0.05) is 25.8 Å². The lowest BCUT2D eigenvalue weighted by Crippen LogP contribution is -2.45. The van der Waals surface area contributed by atoms with E-state index in [4.69, 9.17) is 5.11 Å². The van der Waals surface area contributed by atoms with Crippen molar-refractivity contribution in [1.82, 2.24) is 10.6 Å². The predicted octanol–water partition coefficient (Wildman–Crippen LogP) is 1.24. The van der Waals surface area contributed by atoms with E-state index in [9.17, 15) is 14.4 Å². The van der Waals surface area contributed by atoms with Crippen molar-refractivity contribution in [1.29, 1.82) is 0 Å². The number of hydrogen-bond acceptors (Lipinski definition) is 4. The van der Waals surface area contributed by atoms with Crippen molar-refractivity contribution >= 4 is 29.1 Å². The molecule has 0 spiro atoms. The van der Waals surface area contributed by atoms with Gasteiger partial charge in [0, 0.05) is 0 Å². The number of unbranched alkanes of at least 4 members (excludes halogenated alkanes) is 1. The Morgan fingerprint density at radius 1 is 1.40 bits per heavy atom. The third kappa shape index (κ3) is 5.40. The third-order valence-corrected chi connectivity index (χ3v) is 3.50. The summed E-state index contributed by atoms with van der Waals surface area (Å²) in [6, 6.07) is 2.49. The molecule has 1 atom stereocenters. The lowest BCUT2D eigenvalue weighted by molar-refractivity contribution is -0.141. The molecule has 0 radical (unpaired) electrons. The highest BCUT2D eigenvalue weighted by Crippen LogP contribution is 2.07. The molecule has 7 heteroatoms. The van der Waals surface area contributed by atoms with Gasteiger partial charge < -0.3 is 15.7 Å². The van der Waals surface area contributed by atoms with Crippen molar-refractivity contribution in [2.75, 3.05) is 6.54 Å². The minimum atomic E-state index is -1.06. The Morgan fingerprint density at radius 3 is 2.70 bits per heavy atom. The molecule has 0 unspecified atom stereocenters. The maximum Gasteiger partial charge on any atom is 0.326 e. The maximum atomic E-state index is 11.6. The molecule has 0 bridgehead atoms.